The minimum atomic E-state index is -0.185. The van der Waals surface area contributed by atoms with E-state index in [1.165, 1.54) is 71.7 Å². The summed E-state index contributed by atoms with van der Waals surface area (Å²) < 4.78 is 0. The van der Waals surface area contributed by atoms with E-state index >= 15 is 0 Å². The van der Waals surface area contributed by atoms with Gasteiger partial charge in [0.1, 0.15) is 0 Å². The topological polar surface area (TPSA) is 3.24 Å². The van der Waals surface area contributed by atoms with Crippen molar-refractivity contribution in [2.45, 2.75) is 19.3 Å². The molecule has 228 valence electrons. The Bertz CT molecular complexity index is 2460. The molecule has 0 radical (unpaired) electrons. The molecule has 8 aromatic carbocycles. The SMILES string of the molecule is CC1(C)c2cc(-c3ccc4ccccc4c3)ccc2-c2c1cc(N(c1ccccc1)c1ccc(-c3ccccc3)cc1)c1ccccc21. The quantitative estimate of drug-likeness (QED) is 0.187. The first kappa shape index (κ1) is 28.3. The Labute approximate surface area is 282 Å². The summed E-state index contributed by atoms with van der Waals surface area (Å²) in [6.07, 6.45) is 0. The number of nitrogens with zero attached hydrogens (tertiary/aromatic N) is 1. The number of para-hydroxylation sites is 1. The van der Waals surface area contributed by atoms with Crippen molar-refractivity contribution < 1.29 is 0 Å². The zero-order chi connectivity index (χ0) is 32.2. The van der Waals surface area contributed by atoms with Crippen LogP contribution in [0, 0.1) is 0 Å². The Kier molecular flexibility index (Phi) is 6.55. The molecule has 0 bridgehead atoms. The summed E-state index contributed by atoms with van der Waals surface area (Å²) >= 11 is 0. The molecule has 0 aliphatic heterocycles. The van der Waals surface area contributed by atoms with Crippen molar-refractivity contribution in [3.05, 3.63) is 187 Å². The molecular weight excluding hydrogens is 579 g/mol. The number of hydrogen-bond donors (Lipinski definition) is 0. The van der Waals surface area contributed by atoms with Crippen molar-refractivity contribution in [2.24, 2.45) is 0 Å². The Morgan fingerprint density at radius 3 is 1.73 bits per heavy atom. The highest BCUT2D eigenvalue weighted by atomic mass is 15.1. The maximum atomic E-state index is 2.46. The highest BCUT2D eigenvalue weighted by molar-refractivity contribution is 6.10. The van der Waals surface area contributed by atoms with Gasteiger partial charge in [-0.05, 0) is 103 Å². The minimum Gasteiger partial charge on any atom is -0.310 e. The molecule has 8 aromatic rings. The first-order chi connectivity index (χ1) is 23.6. The lowest BCUT2D eigenvalue weighted by Gasteiger charge is -2.30. The smallest absolute Gasteiger partial charge is 0.0543 e. The third-order valence-corrected chi connectivity index (χ3v) is 10.2. The molecule has 0 amide bonds. The third-order valence-electron chi connectivity index (χ3n) is 10.2. The zero-order valence-electron chi connectivity index (χ0n) is 27.2. The summed E-state index contributed by atoms with van der Waals surface area (Å²) in [5, 5.41) is 5.07. The molecule has 48 heavy (non-hydrogen) atoms. The average Bonchev–Trinajstić information content (AvgIpc) is 3.38. The summed E-state index contributed by atoms with van der Waals surface area (Å²) in [5.41, 5.74) is 13.7. The highest BCUT2D eigenvalue weighted by Crippen LogP contribution is 2.55. The van der Waals surface area contributed by atoms with Gasteiger partial charge in [0.05, 0.1) is 5.69 Å². The molecule has 0 atom stereocenters. The highest BCUT2D eigenvalue weighted by Gasteiger charge is 2.38. The van der Waals surface area contributed by atoms with Crippen LogP contribution in [0.15, 0.2) is 176 Å². The van der Waals surface area contributed by atoms with Crippen LogP contribution in [0.5, 0.6) is 0 Å². The van der Waals surface area contributed by atoms with Crippen molar-refractivity contribution in [3.63, 3.8) is 0 Å². The first-order valence-electron chi connectivity index (χ1n) is 16.8. The van der Waals surface area contributed by atoms with Gasteiger partial charge < -0.3 is 4.90 Å². The van der Waals surface area contributed by atoms with Gasteiger partial charge >= 0.3 is 0 Å². The largest absolute Gasteiger partial charge is 0.310 e. The van der Waals surface area contributed by atoms with Gasteiger partial charge in [-0.15, -0.1) is 0 Å². The fraction of sp³-hybridized carbons (Fsp3) is 0.0638. The molecule has 1 aliphatic rings. The van der Waals surface area contributed by atoms with Gasteiger partial charge in [-0.1, -0.05) is 147 Å². The van der Waals surface area contributed by atoms with Gasteiger partial charge in [-0.25, -0.2) is 0 Å². The maximum absolute atomic E-state index is 2.46. The summed E-state index contributed by atoms with van der Waals surface area (Å²) in [7, 11) is 0. The Morgan fingerprint density at radius 1 is 0.396 bits per heavy atom. The van der Waals surface area contributed by atoms with Crippen molar-refractivity contribution in [1.82, 2.24) is 0 Å². The second-order valence-corrected chi connectivity index (χ2v) is 13.4. The number of benzene rings is 8. The Hall–Kier alpha value is -5.92. The van der Waals surface area contributed by atoms with Crippen molar-refractivity contribution >= 4 is 38.6 Å². The predicted octanol–water partition coefficient (Wildman–Crippen LogP) is 13.1. The molecular formula is C47H35N. The lowest BCUT2D eigenvalue weighted by atomic mass is 9.81. The van der Waals surface area contributed by atoms with Crippen LogP contribution < -0.4 is 4.90 Å². The lowest BCUT2D eigenvalue weighted by Crippen LogP contribution is -2.17. The molecule has 1 nitrogen and oxygen atoms in total. The normalized spacial score (nSPS) is 13.0. The number of rotatable bonds is 5. The summed E-state index contributed by atoms with van der Waals surface area (Å²) in [6.45, 7) is 4.78. The van der Waals surface area contributed by atoms with Gasteiger partial charge in [-0.2, -0.15) is 0 Å². The molecule has 0 heterocycles. The Balaban J connectivity index is 1.22. The third kappa shape index (κ3) is 4.54. The van der Waals surface area contributed by atoms with Gasteiger partial charge in [-0.3, -0.25) is 0 Å². The van der Waals surface area contributed by atoms with Gasteiger partial charge in [0.15, 0.2) is 0 Å². The summed E-state index contributed by atoms with van der Waals surface area (Å²) in [5.74, 6) is 0. The molecule has 0 N–H and O–H groups in total. The van der Waals surface area contributed by atoms with E-state index in [0.717, 1.165) is 11.4 Å². The fourth-order valence-corrected chi connectivity index (χ4v) is 7.74. The van der Waals surface area contributed by atoms with Crippen molar-refractivity contribution in [3.8, 4) is 33.4 Å². The van der Waals surface area contributed by atoms with Crippen LogP contribution in [0.1, 0.15) is 25.0 Å². The van der Waals surface area contributed by atoms with E-state index in [1.54, 1.807) is 0 Å². The fourth-order valence-electron chi connectivity index (χ4n) is 7.74. The van der Waals surface area contributed by atoms with Gasteiger partial charge in [0.2, 0.25) is 0 Å². The monoisotopic (exact) mass is 613 g/mol. The predicted molar refractivity (Wildman–Crippen MR) is 205 cm³/mol. The zero-order valence-corrected chi connectivity index (χ0v) is 27.2. The summed E-state index contributed by atoms with van der Waals surface area (Å²) in [4.78, 5) is 2.43. The van der Waals surface area contributed by atoms with Crippen LogP contribution in [-0.4, -0.2) is 0 Å². The van der Waals surface area contributed by atoms with Crippen LogP contribution in [-0.2, 0) is 5.41 Å². The van der Waals surface area contributed by atoms with Crippen molar-refractivity contribution in [1.29, 1.82) is 0 Å². The van der Waals surface area contributed by atoms with Crippen LogP contribution in [0.2, 0.25) is 0 Å². The van der Waals surface area contributed by atoms with E-state index in [1.807, 2.05) is 0 Å². The molecule has 0 aromatic heterocycles. The Morgan fingerprint density at radius 2 is 0.958 bits per heavy atom. The molecule has 0 spiro atoms. The van der Waals surface area contributed by atoms with E-state index in [9.17, 15) is 0 Å². The van der Waals surface area contributed by atoms with E-state index in [-0.39, 0.29) is 5.41 Å². The summed E-state index contributed by atoms with van der Waals surface area (Å²) in [6, 6.07) is 64.3. The number of fused-ring (bicyclic) bond motifs is 6. The van der Waals surface area contributed by atoms with E-state index in [4.69, 9.17) is 0 Å². The molecule has 0 fully saturated rings. The first-order valence-corrected chi connectivity index (χ1v) is 16.8. The second-order valence-electron chi connectivity index (χ2n) is 13.4. The average molecular weight is 614 g/mol. The number of anilines is 3. The van der Waals surface area contributed by atoms with Crippen LogP contribution in [0.25, 0.3) is 54.9 Å². The van der Waals surface area contributed by atoms with Gasteiger partial charge in [0, 0.05) is 22.2 Å². The van der Waals surface area contributed by atoms with Crippen molar-refractivity contribution in [2.75, 3.05) is 4.90 Å². The molecule has 0 saturated carbocycles. The standard InChI is InChI=1S/C47H35N/c1-47(2)43-30-37(36-22-21-33-15-9-10-16-35(33)29-36)25-28-42(43)46-41-20-12-11-19-40(41)45(31-44(46)47)48(38-17-7-4-8-18-38)39-26-23-34(24-27-39)32-13-5-3-6-14-32/h3-31H,1-2H3. The van der Waals surface area contributed by atoms with Crippen LogP contribution in [0.4, 0.5) is 17.1 Å². The van der Waals surface area contributed by atoms with Gasteiger partial charge in [0.25, 0.3) is 0 Å². The molecule has 1 heteroatoms. The van der Waals surface area contributed by atoms with E-state index in [2.05, 4.69) is 195 Å². The minimum absolute atomic E-state index is 0.185. The number of hydrogen-bond acceptors (Lipinski definition) is 1. The van der Waals surface area contributed by atoms with Crippen LogP contribution >= 0.6 is 0 Å². The van der Waals surface area contributed by atoms with E-state index in [0.29, 0.717) is 0 Å². The van der Waals surface area contributed by atoms with Crippen LogP contribution in [0.3, 0.4) is 0 Å². The molecule has 0 saturated heterocycles. The lowest BCUT2D eigenvalue weighted by molar-refractivity contribution is 0.661. The molecule has 1 aliphatic carbocycles. The molecule has 0 unspecified atom stereocenters. The molecule has 9 rings (SSSR count). The maximum Gasteiger partial charge on any atom is 0.0543 e. The second kappa shape index (κ2) is 11.1. The van der Waals surface area contributed by atoms with E-state index < -0.39 is 0 Å².